The van der Waals surface area contributed by atoms with Gasteiger partial charge in [0, 0.05) is 11.3 Å². The predicted octanol–water partition coefficient (Wildman–Crippen LogP) is 1.31. The summed E-state index contributed by atoms with van der Waals surface area (Å²) in [5, 5.41) is 4.89. The third-order valence-electron chi connectivity index (χ3n) is 1.89. The number of primary sulfonamides is 1. The summed E-state index contributed by atoms with van der Waals surface area (Å²) in [6.45, 7) is 0. The Kier molecular flexibility index (Phi) is 3.97. The highest BCUT2D eigenvalue weighted by Gasteiger charge is 2.05. The Balaban J connectivity index is 2.39. The zero-order chi connectivity index (χ0) is 10.6. The van der Waals surface area contributed by atoms with Crippen molar-refractivity contribution in [3.05, 3.63) is 23.8 Å². The summed E-state index contributed by atoms with van der Waals surface area (Å²) >= 11 is 5.04. The molecule has 1 aliphatic carbocycles. The third-order valence-corrected chi connectivity index (χ3v) is 3.03. The number of hydrogen-bond donors (Lipinski definition) is 1. The fraction of sp³-hybridized carbons (Fsp3) is 0.444. The van der Waals surface area contributed by atoms with Crippen molar-refractivity contribution in [1.29, 1.82) is 0 Å². The number of hydrogen-bond acceptors (Lipinski definition) is 3. The highest BCUT2D eigenvalue weighted by molar-refractivity contribution is 7.89. The zero-order valence-electron chi connectivity index (χ0n) is 7.77. The van der Waals surface area contributed by atoms with Crippen LogP contribution in [0.1, 0.15) is 19.3 Å². The van der Waals surface area contributed by atoms with Gasteiger partial charge in [-0.2, -0.15) is 0 Å². The highest BCUT2D eigenvalue weighted by Crippen LogP contribution is 2.13. The Bertz CT molecular complexity index is 380. The Morgan fingerprint density at radius 3 is 2.79 bits per heavy atom. The molecule has 0 aromatic rings. The third kappa shape index (κ3) is 4.64. The quantitative estimate of drug-likeness (QED) is 0.742. The van der Waals surface area contributed by atoms with Crippen molar-refractivity contribution in [2.24, 2.45) is 5.14 Å². The SMILES string of the molecule is NS(=O)(=O)CCCC1=CC(=S)CC=C1. The Hall–Kier alpha value is -0.520. The molecule has 0 unspecified atom stereocenters. The molecule has 0 aliphatic heterocycles. The molecule has 0 radical (unpaired) electrons. The van der Waals surface area contributed by atoms with Crippen molar-refractivity contribution < 1.29 is 8.42 Å². The molecule has 3 nitrogen and oxygen atoms in total. The summed E-state index contributed by atoms with van der Waals surface area (Å²) in [4.78, 5) is 0.901. The molecule has 1 aliphatic rings. The van der Waals surface area contributed by atoms with Gasteiger partial charge in [-0.25, -0.2) is 13.6 Å². The molecular formula is C9H13NO2S2. The molecule has 0 aromatic heterocycles. The summed E-state index contributed by atoms with van der Waals surface area (Å²) in [5.74, 6) is 0.0327. The van der Waals surface area contributed by atoms with Crippen molar-refractivity contribution in [2.75, 3.05) is 5.75 Å². The fourth-order valence-electron chi connectivity index (χ4n) is 1.27. The average Bonchev–Trinajstić information content (AvgIpc) is 2.01. The molecule has 0 amide bonds. The standard InChI is InChI=1S/C9H13NO2S2/c10-14(11,12)6-2-4-8-3-1-5-9(13)7-8/h1,3,7H,2,4-6H2,(H2,10,11,12). The Morgan fingerprint density at radius 2 is 2.21 bits per heavy atom. The number of allylic oxidation sites excluding steroid dienone is 4. The van der Waals surface area contributed by atoms with Gasteiger partial charge in [0.15, 0.2) is 0 Å². The van der Waals surface area contributed by atoms with E-state index in [0.29, 0.717) is 12.8 Å². The maximum absolute atomic E-state index is 10.7. The van der Waals surface area contributed by atoms with Crippen molar-refractivity contribution >= 4 is 27.1 Å². The first kappa shape index (κ1) is 11.6. The van der Waals surface area contributed by atoms with Gasteiger partial charge in [-0.1, -0.05) is 24.4 Å². The fourth-order valence-corrected chi connectivity index (χ4v) is 2.07. The van der Waals surface area contributed by atoms with Crippen molar-refractivity contribution in [3.8, 4) is 0 Å². The van der Waals surface area contributed by atoms with Gasteiger partial charge >= 0.3 is 0 Å². The van der Waals surface area contributed by atoms with Gasteiger partial charge in [-0.15, -0.1) is 0 Å². The first-order valence-electron chi connectivity index (χ1n) is 4.38. The van der Waals surface area contributed by atoms with Crippen LogP contribution < -0.4 is 5.14 Å². The van der Waals surface area contributed by atoms with Gasteiger partial charge in [0.25, 0.3) is 0 Å². The van der Waals surface area contributed by atoms with E-state index in [2.05, 4.69) is 0 Å². The smallest absolute Gasteiger partial charge is 0.209 e. The molecule has 0 fully saturated rings. The zero-order valence-corrected chi connectivity index (χ0v) is 9.40. The van der Waals surface area contributed by atoms with Crippen LogP contribution in [0, 0.1) is 0 Å². The topological polar surface area (TPSA) is 60.2 Å². The van der Waals surface area contributed by atoms with E-state index in [9.17, 15) is 8.42 Å². The average molecular weight is 231 g/mol. The van der Waals surface area contributed by atoms with Gasteiger partial charge in [0.1, 0.15) is 0 Å². The predicted molar refractivity (Wildman–Crippen MR) is 61.6 cm³/mol. The van der Waals surface area contributed by atoms with E-state index in [0.717, 1.165) is 16.9 Å². The normalized spacial score (nSPS) is 16.9. The second-order valence-electron chi connectivity index (χ2n) is 3.26. The molecule has 1 rings (SSSR count). The molecule has 0 atom stereocenters. The molecule has 0 bridgehead atoms. The second kappa shape index (κ2) is 4.82. The summed E-state index contributed by atoms with van der Waals surface area (Å²) in [7, 11) is -3.32. The van der Waals surface area contributed by atoms with E-state index >= 15 is 0 Å². The molecule has 0 spiro atoms. The van der Waals surface area contributed by atoms with E-state index in [1.807, 2.05) is 18.2 Å². The minimum Gasteiger partial charge on any atom is -0.229 e. The summed E-state index contributed by atoms with van der Waals surface area (Å²) in [6.07, 6.45) is 7.99. The minimum atomic E-state index is -3.32. The van der Waals surface area contributed by atoms with E-state index in [1.54, 1.807) is 0 Å². The van der Waals surface area contributed by atoms with E-state index in [-0.39, 0.29) is 5.75 Å². The van der Waals surface area contributed by atoms with Crippen LogP contribution in [0.4, 0.5) is 0 Å². The molecule has 0 saturated heterocycles. The number of sulfonamides is 1. The van der Waals surface area contributed by atoms with Crippen LogP contribution in [-0.2, 0) is 10.0 Å². The highest BCUT2D eigenvalue weighted by atomic mass is 32.2. The molecule has 0 heterocycles. The Morgan fingerprint density at radius 1 is 1.50 bits per heavy atom. The lowest BCUT2D eigenvalue weighted by Gasteiger charge is -2.06. The first-order chi connectivity index (χ1) is 6.47. The monoisotopic (exact) mass is 231 g/mol. The lowest BCUT2D eigenvalue weighted by atomic mass is 10.0. The van der Waals surface area contributed by atoms with Gasteiger partial charge in [-0.3, -0.25) is 0 Å². The molecule has 2 N–H and O–H groups in total. The number of thiocarbonyl (C=S) groups is 1. The molecule has 0 aromatic carbocycles. The minimum absolute atomic E-state index is 0.0327. The van der Waals surface area contributed by atoms with E-state index in [4.69, 9.17) is 17.4 Å². The molecule has 78 valence electrons. The molecule has 0 saturated carbocycles. The lowest BCUT2D eigenvalue weighted by molar-refractivity contribution is 0.595. The summed E-state index contributed by atoms with van der Waals surface area (Å²) in [5.41, 5.74) is 1.09. The van der Waals surface area contributed by atoms with E-state index < -0.39 is 10.0 Å². The van der Waals surface area contributed by atoms with Crippen molar-refractivity contribution in [3.63, 3.8) is 0 Å². The number of rotatable bonds is 4. The van der Waals surface area contributed by atoms with Crippen LogP contribution in [0.5, 0.6) is 0 Å². The Labute approximate surface area is 89.7 Å². The maximum atomic E-state index is 10.7. The maximum Gasteiger partial charge on any atom is 0.209 e. The summed E-state index contributed by atoms with van der Waals surface area (Å²) in [6, 6.07) is 0. The van der Waals surface area contributed by atoms with Crippen LogP contribution in [0.3, 0.4) is 0 Å². The van der Waals surface area contributed by atoms with Crippen LogP contribution in [0.2, 0.25) is 0 Å². The van der Waals surface area contributed by atoms with Gasteiger partial charge in [0.05, 0.1) is 5.75 Å². The first-order valence-corrected chi connectivity index (χ1v) is 6.50. The molecular weight excluding hydrogens is 218 g/mol. The van der Waals surface area contributed by atoms with Crippen LogP contribution in [0.15, 0.2) is 23.8 Å². The summed E-state index contributed by atoms with van der Waals surface area (Å²) < 4.78 is 21.3. The largest absolute Gasteiger partial charge is 0.229 e. The van der Waals surface area contributed by atoms with Gasteiger partial charge in [-0.05, 0) is 24.5 Å². The van der Waals surface area contributed by atoms with Gasteiger partial charge in [0.2, 0.25) is 10.0 Å². The lowest BCUT2D eigenvalue weighted by Crippen LogP contribution is -2.16. The second-order valence-corrected chi connectivity index (χ2v) is 5.52. The number of nitrogens with two attached hydrogens (primary N) is 1. The van der Waals surface area contributed by atoms with Gasteiger partial charge < -0.3 is 0 Å². The van der Waals surface area contributed by atoms with Crippen LogP contribution >= 0.6 is 12.2 Å². The van der Waals surface area contributed by atoms with Crippen molar-refractivity contribution in [1.82, 2.24) is 0 Å². The van der Waals surface area contributed by atoms with Crippen LogP contribution in [-0.4, -0.2) is 19.0 Å². The molecule has 5 heteroatoms. The molecule has 14 heavy (non-hydrogen) atoms. The van der Waals surface area contributed by atoms with E-state index in [1.165, 1.54) is 0 Å². The van der Waals surface area contributed by atoms with Crippen molar-refractivity contribution in [2.45, 2.75) is 19.3 Å². The van der Waals surface area contributed by atoms with Crippen LogP contribution in [0.25, 0.3) is 0 Å².